The summed E-state index contributed by atoms with van der Waals surface area (Å²) in [6.45, 7) is 8.09. The van der Waals surface area contributed by atoms with E-state index in [1.165, 1.54) is 13.8 Å². The number of ether oxygens (including phenoxy) is 3. The summed E-state index contributed by atoms with van der Waals surface area (Å²) < 4.78 is 93.5. The van der Waals surface area contributed by atoms with E-state index in [2.05, 4.69) is 9.47 Å². The Morgan fingerprint density at radius 1 is 0.774 bits per heavy atom. The van der Waals surface area contributed by atoms with Gasteiger partial charge in [0.05, 0.1) is 24.5 Å². The van der Waals surface area contributed by atoms with Gasteiger partial charge < -0.3 is 14.2 Å². The first-order valence-corrected chi connectivity index (χ1v) is 9.35. The summed E-state index contributed by atoms with van der Waals surface area (Å²) in [7, 11) is 0. The molecule has 0 rings (SSSR count). The number of esters is 3. The van der Waals surface area contributed by atoms with Crippen LogP contribution in [0.3, 0.4) is 0 Å². The van der Waals surface area contributed by atoms with E-state index in [1.807, 2.05) is 0 Å². The number of halogens is 6. The number of rotatable bonds is 9. The number of carbonyl (C=O) groups excluding carboxylic acids is 3. The van der Waals surface area contributed by atoms with E-state index in [0.717, 1.165) is 13.8 Å². The Labute approximate surface area is 176 Å². The largest absolute Gasteiger partial charge is 0.465 e. The second kappa shape index (κ2) is 9.64. The van der Waals surface area contributed by atoms with Crippen LogP contribution in [-0.2, 0) is 28.6 Å². The molecule has 0 aromatic carbocycles. The van der Waals surface area contributed by atoms with E-state index >= 15 is 0 Å². The first kappa shape index (κ1) is 29.0. The van der Waals surface area contributed by atoms with Gasteiger partial charge in [-0.3, -0.25) is 9.59 Å². The predicted octanol–water partition coefficient (Wildman–Crippen LogP) is 4.60. The van der Waals surface area contributed by atoms with Crippen LogP contribution in [0.4, 0.5) is 26.3 Å². The molecule has 0 fully saturated rings. The molecule has 12 heteroatoms. The van der Waals surface area contributed by atoms with Crippen LogP contribution in [-0.4, -0.2) is 49.1 Å². The molecule has 182 valence electrons. The van der Waals surface area contributed by atoms with Crippen LogP contribution in [0.2, 0.25) is 0 Å². The highest BCUT2D eigenvalue weighted by Gasteiger charge is 2.80. The number of carbonyl (C=O) groups is 3. The molecule has 0 aliphatic heterocycles. The summed E-state index contributed by atoms with van der Waals surface area (Å²) in [4.78, 5) is 35.6. The first-order chi connectivity index (χ1) is 13.6. The summed E-state index contributed by atoms with van der Waals surface area (Å²) in [5, 5.41) is 0. The smallest absolute Gasteiger partial charge is 0.449 e. The van der Waals surface area contributed by atoms with Crippen LogP contribution in [0.1, 0.15) is 54.9 Å². The van der Waals surface area contributed by atoms with E-state index in [0.29, 0.717) is 6.42 Å². The SMILES string of the molecule is CCC(C)(C)C(=O)OCC(C)(C)COC(=O)C(OC(=O)C(C)C)(C(F)(F)F)C(F)(F)F. The molecule has 31 heavy (non-hydrogen) atoms. The van der Waals surface area contributed by atoms with Crippen LogP contribution in [0.15, 0.2) is 0 Å². The maximum Gasteiger partial charge on any atom is 0.449 e. The highest BCUT2D eigenvalue weighted by Crippen LogP contribution is 2.47. The number of hydrogen-bond donors (Lipinski definition) is 0. The van der Waals surface area contributed by atoms with Crippen LogP contribution in [0.25, 0.3) is 0 Å². The molecule has 0 aromatic heterocycles. The van der Waals surface area contributed by atoms with Crippen molar-refractivity contribution in [2.24, 2.45) is 16.7 Å². The second-order valence-corrected chi connectivity index (χ2v) is 8.81. The van der Waals surface area contributed by atoms with E-state index in [4.69, 9.17) is 4.74 Å². The van der Waals surface area contributed by atoms with Gasteiger partial charge in [-0.1, -0.05) is 34.6 Å². The lowest BCUT2D eigenvalue weighted by Gasteiger charge is -2.35. The Kier molecular flexibility index (Phi) is 9.02. The third-order valence-electron chi connectivity index (χ3n) is 4.44. The minimum absolute atomic E-state index is 0.419. The van der Waals surface area contributed by atoms with Crippen LogP contribution in [0, 0.1) is 16.7 Å². The minimum atomic E-state index is -6.34. The lowest BCUT2D eigenvalue weighted by Crippen LogP contribution is -2.66. The van der Waals surface area contributed by atoms with Gasteiger partial charge >= 0.3 is 35.9 Å². The lowest BCUT2D eigenvalue weighted by atomic mass is 9.90. The Morgan fingerprint density at radius 3 is 1.48 bits per heavy atom. The second-order valence-electron chi connectivity index (χ2n) is 8.81. The van der Waals surface area contributed by atoms with E-state index < -0.39 is 65.8 Å². The third-order valence-corrected chi connectivity index (χ3v) is 4.44. The summed E-state index contributed by atoms with van der Waals surface area (Å²) in [5.41, 5.74) is -7.68. The van der Waals surface area contributed by atoms with Gasteiger partial charge in [-0.25, -0.2) is 4.79 Å². The summed E-state index contributed by atoms with van der Waals surface area (Å²) in [6, 6.07) is 0. The maximum atomic E-state index is 13.4. The average Bonchev–Trinajstić information content (AvgIpc) is 2.59. The normalized spacial score (nSPS) is 13.7. The molecule has 0 atom stereocenters. The molecule has 0 aliphatic carbocycles. The molecule has 0 amide bonds. The van der Waals surface area contributed by atoms with Crippen LogP contribution in [0.5, 0.6) is 0 Å². The molecular weight excluding hydrogens is 438 g/mol. The van der Waals surface area contributed by atoms with Crippen molar-refractivity contribution in [1.82, 2.24) is 0 Å². The van der Waals surface area contributed by atoms with E-state index in [9.17, 15) is 40.7 Å². The molecule has 0 heterocycles. The lowest BCUT2D eigenvalue weighted by molar-refractivity contribution is -0.360. The minimum Gasteiger partial charge on any atom is -0.465 e. The zero-order chi connectivity index (χ0) is 25.1. The molecule has 0 radical (unpaired) electrons. The summed E-state index contributed by atoms with van der Waals surface area (Å²) in [5.74, 6) is -6.74. The van der Waals surface area contributed by atoms with Crippen molar-refractivity contribution in [2.45, 2.75) is 72.8 Å². The molecule has 0 aromatic rings. The van der Waals surface area contributed by atoms with Crippen molar-refractivity contribution in [2.75, 3.05) is 13.2 Å². The first-order valence-electron chi connectivity index (χ1n) is 9.35. The van der Waals surface area contributed by atoms with Crippen molar-refractivity contribution >= 4 is 17.9 Å². The standard InChI is InChI=1S/C19H28F6O6/c1-8-16(6,7)13(27)29-9-15(4,5)10-30-14(28)17(18(20,21)22,19(23,24)25)31-12(26)11(2)3/h11H,8-10H2,1-7H3. The van der Waals surface area contributed by atoms with Gasteiger partial charge in [-0.05, 0) is 20.3 Å². The highest BCUT2D eigenvalue weighted by molar-refractivity contribution is 5.86. The zero-order valence-corrected chi connectivity index (χ0v) is 18.4. The molecule has 0 aliphatic rings. The van der Waals surface area contributed by atoms with Crippen LogP contribution < -0.4 is 0 Å². The number of alkyl halides is 6. The molecule has 0 N–H and O–H groups in total. The fraction of sp³-hybridized carbons (Fsp3) is 0.842. The Bertz CT molecular complexity index is 650. The molecule has 0 bridgehead atoms. The van der Waals surface area contributed by atoms with E-state index in [-0.39, 0.29) is 0 Å². The fourth-order valence-corrected chi connectivity index (χ4v) is 1.82. The van der Waals surface area contributed by atoms with Crippen molar-refractivity contribution in [3.05, 3.63) is 0 Å². The predicted molar refractivity (Wildman–Crippen MR) is 95.5 cm³/mol. The summed E-state index contributed by atoms with van der Waals surface area (Å²) >= 11 is 0. The quantitative estimate of drug-likeness (QED) is 0.281. The number of hydrogen-bond acceptors (Lipinski definition) is 6. The Morgan fingerprint density at radius 2 is 1.16 bits per heavy atom. The van der Waals surface area contributed by atoms with Gasteiger partial charge in [-0.2, -0.15) is 26.3 Å². The van der Waals surface area contributed by atoms with Crippen molar-refractivity contribution in [3.8, 4) is 0 Å². The molecule has 0 spiro atoms. The van der Waals surface area contributed by atoms with Gasteiger partial charge in [-0.15, -0.1) is 0 Å². The van der Waals surface area contributed by atoms with Crippen molar-refractivity contribution in [1.29, 1.82) is 0 Å². The molecule has 6 nitrogen and oxygen atoms in total. The average molecular weight is 466 g/mol. The monoisotopic (exact) mass is 466 g/mol. The Balaban J connectivity index is 5.67. The highest BCUT2D eigenvalue weighted by atomic mass is 19.4. The fourth-order valence-electron chi connectivity index (χ4n) is 1.82. The van der Waals surface area contributed by atoms with Gasteiger partial charge in [0, 0.05) is 5.41 Å². The Hall–Kier alpha value is -2.01. The third kappa shape index (κ3) is 6.99. The molecule has 0 saturated heterocycles. The van der Waals surface area contributed by atoms with Gasteiger partial charge in [0.1, 0.15) is 0 Å². The maximum absolute atomic E-state index is 13.4. The van der Waals surface area contributed by atoms with Gasteiger partial charge in [0.2, 0.25) is 0 Å². The van der Waals surface area contributed by atoms with Crippen molar-refractivity contribution in [3.63, 3.8) is 0 Å². The van der Waals surface area contributed by atoms with Gasteiger partial charge in [0.25, 0.3) is 0 Å². The molecular formula is C19H28F6O6. The van der Waals surface area contributed by atoms with Gasteiger partial charge in [0.15, 0.2) is 0 Å². The van der Waals surface area contributed by atoms with Crippen LogP contribution >= 0.6 is 0 Å². The van der Waals surface area contributed by atoms with E-state index in [1.54, 1.807) is 20.8 Å². The summed E-state index contributed by atoms with van der Waals surface area (Å²) in [6.07, 6.45) is -12.3. The topological polar surface area (TPSA) is 78.9 Å². The van der Waals surface area contributed by atoms with Crippen molar-refractivity contribution < 1.29 is 54.9 Å². The molecule has 0 unspecified atom stereocenters. The molecule has 0 saturated carbocycles. The zero-order valence-electron chi connectivity index (χ0n) is 18.4.